The Morgan fingerprint density at radius 3 is 2.79 bits per heavy atom. The fourth-order valence-electron chi connectivity index (χ4n) is 5.67. The van der Waals surface area contributed by atoms with Crippen molar-refractivity contribution < 1.29 is 19.1 Å². The van der Waals surface area contributed by atoms with Crippen molar-refractivity contribution >= 4 is 29.1 Å². The number of fused-ring (bicyclic) bond motifs is 2. The molecule has 2 aromatic heterocycles. The second-order valence-corrected chi connectivity index (χ2v) is 11.0. The van der Waals surface area contributed by atoms with Gasteiger partial charge in [0.1, 0.15) is 11.5 Å². The molecule has 0 saturated heterocycles. The normalized spacial score (nSPS) is 15.0. The number of rotatable bonds is 7. The van der Waals surface area contributed by atoms with Gasteiger partial charge in [0.25, 0.3) is 11.8 Å². The van der Waals surface area contributed by atoms with E-state index in [0.717, 1.165) is 28.8 Å². The van der Waals surface area contributed by atoms with Crippen LogP contribution in [0.5, 0.6) is 0 Å². The molecule has 0 fully saturated rings. The van der Waals surface area contributed by atoms with Crippen molar-refractivity contribution in [3.8, 4) is 5.69 Å². The number of nitrogens with zero attached hydrogens (tertiary/aromatic N) is 5. The van der Waals surface area contributed by atoms with Gasteiger partial charge in [-0.05, 0) is 78.4 Å². The van der Waals surface area contributed by atoms with Gasteiger partial charge in [-0.2, -0.15) is 5.10 Å². The lowest BCUT2D eigenvalue weighted by Crippen LogP contribution is -2.40. The highest BCUT2D eigenvalue weighted by Gasteiger charge is 2.36. The average molecular weight is 589 g/mol. The SMILES string of the molecule is Cc1ccncc1CNC(=O)c1nn(-c2cccc(Cl)c2)c2c1CCN(c1cc3c(cc1F)CCN(CCO)C3)C2=O. The van der Waals surface area contributed by atoms with Crippen LogP contribution in [0.4, 0.5) is 10.1 Å². The molecule has 0 atom stereocenters. The van der Waals surface area contributed by atoms with Crippen molar-refractivity contribution in [3.63, 3.8) is 0 Å². The third-order valence-electron chi connectivity index (χ3n) is 7.94. The summed E-state index contributed by atoms with van der Waals surface area (Å²) in [6, 6.07) is 12.0. The number of aliphatic hydroxyl groups is 1. The Bertz CT molecular complexity index is 1690. The van der Waals surface area contributed by atoms with Crippen molar-refractivity contribution in [1.82, 2.24) is 25.0 Å². The molecule has 0 radical (unpaired) electrons. The van der Waals surface area contributed by atoms with Gasteiger partial charge in [0, 0.05) is 55.7 Å². The standard InChI is InChI=1S/C31H30ClFN6O3/c1-19-5-8-34-16-22(19)17-35-30(41)28-25-7-10-38(31(42)29(25)39(36-28)24-4-2-3-23(32)15-24)27-14-21-18-37(11-12-40)9-6-20(21)13-26(27)33/h2-5,8,13-16,40H,6-7,9-12,17-18H2,1H3,(H,35,41). The smallest absolute Gasteiger partial charge is 0.277 e. The number of hydrogen-bond acceptors (Lipinski definition) is 6. The molecule has 2 aromatic carbocycles. The zero-order valence-electron chi connectivity index (χ0n) is 23.1. The van der Waals surface area contributed by atoms with E-state index < -0.39 is 17.6 Å². The molecule has 2 aliphatic heterocycles. The Hall–Kier alpha value is -4.12. The molecule has 2 aliphatic rings. The van der Waals surface area contributed by atoms with Gasteiger partial charge >= 0.3 is 0 Å². The Balaban J connectivity index is 1.37. The van der Waals surface area contributed by atoms with E-state index in [4.69, 9.17) is 11.6 Å². The Labute approximate surface area is 247 Å². The summed E-state index contributed by atoms with van der Waals surface area (Å²) in [6.07, 6.45) is 4.37. The number of carbonyl (C=O) groups excluding carboxylic acids is 2. The number of benzene rings is 2. The number of aryl methyl sites for hydroxylation is 1. The van der Waals surface area contributed by atoms with E-state index in [0.29, 0.717) is 42.2 Å². The van der Waals surface area contributed by atoms with Gasteiger partial charge in [-0.25, -0.2) is 9.07 Å². The quantitative estimate of drug-likeness (QED) is 0.340. The van der Waals surface area contributed by atoms with Gasteiger partial charge in [0.2, 0.25) is 0 Å². The van der Waals surface area contributed by atoms with Crippen LogP contribution >= 0.6 is 11.6 Å². The maximum absolute atomic E-state index is 15.5. The largest absolute Gasteiger partial charge is 0.395 e. The fraction of sp³-hybridized carbons (Fsp3) is 0.290. The average Bonchev–Trinajstić information content (AvgIpc) is 3.38. The molecule has 216 valence electrons. The summed E-state index contributed by atoms with van der Waals surface area (Å²) in [6.45, 7) is 4.26. The van der Waals surface area contributed by atoms with Crippen LogP contribution in [-0.4, -0.2) is 62.8 Å². The van der Waals surface area contributed by atoms with E-state index in [2.05, 4.69) is 20.3 Å². The van der Waals surface area contributed by atoms with E-state index in [9.17, 15) is 14.7 Å². The van der Waals surface area contributed by atoms with Crippen molar-refractivity contribution in [1.29, 1.82) is 0 Å². The molecule has 4 heterocycles. The number of aromatic nitrogens is 3. The summed E-state index contributed by atoms with van der Waals surface area (Å²) >= 11 is 6.27. The van der Waals surface area contributed by atoms with Crippen molar-refractivity contribution in [2.24, 2.45) is 0 Å². The monoisotopic (exact) mass is 588 g/mol. The minimum absolute atomic E-state index is 0.0437. The summed E-state index contributed by atoms with van der Waals surface area (Å²) in [4.78, 5) is 35.2. The third-order valence-corrected chi connectivity index (χ3v) is 8.17. The Morgan fingerprint density at radius 1 is 1.14 bits per heavy atom. The molecule has 2 N–H and O–H groups in total. The zero-order valence-corrected chi connectivity index (χ0v) is 23.9. The van der Waals surface area contributed by atoms with E-state index in [1.165, 1.54) is 15.6 Å². The summed E-state index contributed by atoms with van der Waals surface area (Å²) in [5.74, 6) is -1.34. The van der Waals surface area contributed by atoms with Gasteiger partial charge in [-0.1, -0.05) is 17.7 Å². The van der Waals surface area contributed by atoms with Crippen LogP contribution < -0.4 is 10.2 Å². The molecule has 9 nitrogen and oxygen atoms in total. The van der Waals surface area contributed by atoms with Crippen LogP contribution in [0, 0.1) is 12.7 Å². The molecule has 6 rings (SSSR count). The minimum Gasteiger partial charge on any atom is -0.395 e. The van der Waals surface area contributed by atoms with Gasteiger partial charge in [0.15, 0.2) is 5.69 Å². The third kappa shape index (κ3) is 5.29. The maximum atomic E-state index is 15.5. The second-order valence-electron chi connectivity index (χ2n) is 10.6. The molecule has 0 bridgehead atoms. The molecule has 2 amide bonds. The van der Waals surface area contributed by atoms with Gasteiger partial charge < -0.3 is 15.3 Å². The summed E-state index contributed by atoms with van der Waals surface area (Å²) in [7, 11) is 0. The molecular formula is C31H30ClFN6O3. The first-order valence-corrected chi connectivity index (χ1v) is 14.2. The van der Waals surface area contributed by atoms with Crippen molar-refractivity contribution in [2.75, 3.05) is 31.1 Å². The number of anilines is 1. The summed E-state index contributed by atoms with van der Waals surface area (Å²) in [5, 5.41) is 17.3. The highest BCUT2D eigenvalue weighted by Crippen LogP contribution is 2.33. The number of hydrogen-bond donors (Lipinski definition) is 2. The first-order chi connectivity index (χ1) is 20.3. The topological polar surface area (TPSA) is 104 Å². The molecule has 4 aromatic rings. The first kappa shape index (κ1) is 28.0. The predicted molar refractivity (Wildman–Crippen MR) is 157 cm³/mol. The van der Waals surface area contributed by atoms with Gasteiger partial charge in [-0.15, -0.1) is 0 Å². The number of aliphatic hydroxyl groups excluding tert-OH is 1. The maximum Gasteiger partial charge on any atom is 0.277 e. The van der Waals surface area contributed by atoms with Crippen LogP contribution in [0.1, 0.15) is 48.8 Å². The predicted octanol–water partition coefficient (Wildman–Crippen LogP) is 3.85. The number of amides is 2. The molecular weight excluding hydrogens is 559 g/mol. The fourth-order valence-corrected chi connectivity index (χ4v) is 5.86. The molecule has 0 spiro atoms. The van der Waals surface area contributed by atoms with E-state index in [-0.39, 0.29) is 36.8 Å². The Morgan fingerprint density at radius 2 is 2.00 bits per heavy atom. The molecule has 0 unspecified atom stereocenters. The lowest BCUT2D eigenvalue weighted by Gasteiger charge is -2.32. The number of carbonyl (C=O) groups is 2. The summed E-state index contributed by atoms with van der Waals surface area (Å²) < 4.78 is 16.9. The Kier molecular flexibility index (Phi) is 7.76. The van der Waals surface area contributed by atoms with Gasteiger partial charge in [-0.3, -0.25) is 19.5 Å². The lowest BCUT2D eigenvalue weighted by molar-refractivity contribution is 0.0944. The van der Waals surface area contributed by atoms with Crippen LogP contribution in [0.15, 0.2) is 54.9 Å². The van der Waals surface area contributed by atoms with E-state index in [1.807, 2.05) is 13.0 Å². The number of nitrogens with one attached hydrogen (secondary N) is 1. The second kappa shape index (κ2) is 11.6. The molecule has 0 saturated carbocycles. The minimum atomic E-state index is -0.472. The highest BCUT2D eigenvalue weighted by atomic mass is 35.5. The lowest BCUT2D eigenvalue weighted by atomic mass is 9.97. The number of pyridine rings is 1. The van der Waals surface area contributed by atoms with Crippen LogP contribution in [-0.2, 0) is 25.9 Å². The molecule has 0 aliphatic carbocycles. The van der Waals surface area contributed by atoms with Gasteiger partial charge in [0.05, 0.1) is 18.0 Å². The van der Waals surface area contributed by atoms with Crippen LogP contribution in [0.25, 0.3) is 5.69 Å². The molecule has 11 heteroatoms. The van der Waals surface area contributed by atoms with Crippen LogP contribution in [0.3, 0.4) is 0 Å². The van der Waals surface area contributed by atoms with E-state index >= 15 is 4.39 Å². The number of halogens is 2. The summed E-state index contributed by atoms with van der Waals surface area (Å²) in [5.41, 5.74) is 5.25. The zero-order chi connectivity index (χ0) is 29.4. The van der Waals surface area contributed by atoms with E-state index in [1.54, 1.807) is 42.7 Å². The highest BCUT2D eigenvalue weighted by molar-refractivity contribution is 6.30. The van der Waals surface area contributed by atoms with Crippen LogP contribution in [0.2, 0.25) is 5.02 Å². The first-order valence-electron chi connectivity index (χ1n) is 13.9. The molecule has 42 heavy (non-hydrogen) atoms. The van der Waals surface area contributed by atoms with Crippen molar-refractivity contribution in [2.45, 2.75) is 32.9 Å². The number of β-amino-alcohol motifs (C(OH)–C–C–N with tert-alkyl or cyclic N) is 1. The van der Waals surface area contributed by atoms with Crippen molar-refractivity contribution in [3.05, 3.63) is 105 Å².